The van der Waals surface area contributed by atoms with Crippen molar-refractivity contribution >= 4 is 5.91 Å². The summed E-state index contributed by atoms with van der Waals surface area (Å²) >= 11 is 0. The van der Waals surface area contributed by atoms with Crippen LogP contribution < -0.4 is 0 Å². The fourth-order valence-corrected chi connectivity index (χ4v) is 4.65. The van der Waals surface area contributed by atoms with Gasteiger partial charge in [0.2, 0.25) is 5.91 Å². The molecule has 2 aliphatic heterocycles. The minimum absolute atomic E-state index is 0.0208. The van der Waals surface area contributed by atoms with Gasteiger partial charge in [-0.15, -0.1) is 0 Å². The van der Waals surface area contributed by atoms with Crippen LogP contribution in [0.1, 0.15) is 31.2 Å². The van der Waals surface area contributed by atoms with Crippen molar-refractivity contribution in [2.24, 2.45) is 0 Å². The van der Waals surface area contributed by atoms with Crippen LogP contribution in [0.15, 0.2) is 18.2 Å². The Bertz CT molecular complexity index is 704. The second-order valence-electron chi connectivity index (χ2n) is 7.73. The van der Waals surface area contributed by atoms with Crippen LogP contribution in [0.4, 0.5) is 8.78 Å². The molecule has 0 bridgehead atoms. The fraction of sp³-hybridized carbons (Fsp3) is 0.650. The normalized spacial score (nSPS) is 27.5. The largest absolute Gasteiger partial charge is 0.345 e. The van der Waals surface area contributed by atoms with Crippen LogP contribution in [0.2, 0.25) is 0 Å². The summed E-state index contributed by atoms with van der Waals surface area (Å²) in [5, 5.41) is 0. The van der Waals surface area contributed by atoms with Gasteiger partial charge in [0.05, 0.1) is 19.6 Å². The molecular formula is C20H26F2N2O3. The Labute approximate surface area is 158 Å². The highest BCUT2D eigenvalue weighted by molar-refractivity contribution is 5.79. The molecule has 3 aliphatic rings. The molecule has 148 valence electrons. The van der Waals surface area contributed by atoms with Crippen LogP contribution in [-0.4, -0.2) is 66.9 Å². The molecule has 0 aromatic heterocycles. The monoisotopic (exact) mass is 380 g/mol. The lowest BCUT2D eigenvalue weighted by Crippen LogP contribution is -2.67. The molecular weight excluding hydrogens is 354 g/mol. The maximum Gasteiger partial charge on any atom is 0.227 e. The Morgan fingerprint density at radius 3 is 2.59 bits per heavy atom. The van der Waals surface area contributed by atoms with Crippen LogP contribution in [0.5, 0.6) is 0 Å². The first-order chi connectivity index (χ1) is 13.0. The Hall–Kier alpha value is -1.57. The van der Waals surface area contributed by atoms with Crippen LogP contribution in [0.3, 0.4) is 0 Å². The van der Waals surface area contributed by atoms with Gasteiger partial charge >= 0.3 is 0 Å². The number of hydrogen-bond acceptors (Lipinski definition) is 4. The van der Waals surface area contributed by atoms with Crippen LogP contribution in [-0.2, 0) is 20.7 Å². The number of carbonyl (C=O) groups is 1. The van der Waals surface area contributed by atoms with Gasteiger partial charge in [-0.2, -0.15) is 0 Å². The van der Waals surface area contributed by atoms with Crippen molar-refractivity contribution in [1.29, 1.82) is 0 Å². The molecule has 4 rings (SSSR count). The molecule has 7 heteroatoms. The summed E-state index contributed by atoms with van der Waals surface area (Å²) in [4.78, 5) is 17.1. The Kier molecular flexibility index (Phi) is 5.18. The summed E-state index contributed by atoms with van der Waals surface area (Å²) in [5.41, 5.74) is 0.462. The van der Waals surface area contributed by atoms with Crippen molar-refractivity contribution in [3.8, 4) is 0 Å². The predicted octanol–water partition coefficient (Wildman–Crippen LogP) is 2.34. The molecule has 27 heavy (non-hydrogen) atoms. The second kappa shape index (κ2) is 7.45. The van der Waals surface area contributed by atoms with Gasteiger partial charge in [0.1, 0.15) is 6.04 Å². The average Bonchev–Trinajstić information content (AvgIpc) is 3.05. The van der Waals surface area contributed by atoms with E-state index in [2.05, 4.69) is 4.90 Å². The first kappa shape index (κ1) is 18.8. The van der Waals surface area contributed by atoms with Crippen molar-refractivity contribution < 1.29 is 23.0 Å². The molecule has 1 spiro atoms. The second-order valence-corrected chi connectivity index (χ2v) is 7.73. The van der Waals surface area contributed by atoms with Gasteiger partial charge in [-0.25, -0.2) is 8.78 Å². The highest BCUT2D eigenvalue weighted by Gasteiger charge is 2.54. The molecule has 3 fully saturated rings. The van der Waals surface area contributed by atoms with Gasteiger partial charge in [0.25, 0.3) is 0 Å². The zero-order valence-electron chi connectivity index (χ0n) is 15.6. The molecule has 2 unspecified atom stereocenters. The lowest BCUT2D eigenvalue weighted by Gasteiger charge is -2.53. The van der Waals surface area contributed by atoms with Crippen molar-refractivity contribution in [2.75, 3.05) is 33.4 Å². The predicted molar refractivity (Wildman–Crippen MR) is 95.1 cm³/mol. The van der Waals surface area contributed by atoms with Crippen molar-refractivity contribution in [1.82, 2.24) is 9.80 Å². The van der Waals surface area contributed by atoms with E-state index in [0.717, 1.165) is 44.5 Å². The van der Waals surface area contributed by atoms with E-state index >= 15 is 0 Å². The fourth-order valence-electron chi connectivity index (χ4n) is 4.65. The molecule has 0 radical (unpaired) electrons. The van der Waals surface area contributed by atoms with E-state index in [0.29, 0.717) is 18.8 Å². The van der Waals surface area contributed by atoms with Gasteiger partial charge in [0, 0.05) is 19.5 Å². The molecule has 1 amide bonds. The Balaban J connectivity index is 1.56. The van der Waals surface area contributed by atoms with Crippen LogP contribution in [0, 0.1) is 11.6 Å². The summed E-state index contributed by atoms with van der Waals surface area (Å²) in [5.74, 6) is -2.73. The third kappa shape index (κ3) is 3.48. The van der Waals surface area contributed by atoms with Gasteiger partial charge < -0.3 is 14.4 Å². The summed E-state index contributed by atoms with van der Waals surface area (Å²) < 4.78 is 38.8. The highest BCUT2D eigenvalue weighted by Crippen LogP contribution is 2.41. The van der Waals surface area contributed by atoms with Crippen LogP contribution >= 0.6 is 0 Å². The maximum absolute atomic E-state index is 13.5. The van der Waals surface area contributed by atoms with Gasteiger partial charge in [-0.05, 0) is 50.0 Å². The van der Waals surface area contributed by atoms with Gasteiger partial charge in [0.15, 0.2) is 17.4 Å². The summed E-state index contributed by atoms with van der Waals surface area (Å²) in [7, 11) is 1.78. The molecule has 1 aromatic rings. The number of rotatable bonds is 4. The molecule has 2 saturated heterocycles. The van der Waals surface area contributed by atoms with E-state index in [9.17, 15) is 13.6 Å². The first-order valence-corrected chi connectivity index (χ1v) is 9.72. The smallest absolute Gasteiger partial charge is 0.227 e. The number of likely N-dealkylation sites (tertiary alicyclic amines) is 1. The van der Waals surface area contributed by atoms with E-state index < -0.39 is 17.4 Å². The summed E-state index contributed by atoms with van der Waals surface area (Å²) in [6, 6.07) is 3.60. The summed E-state index contributed by atoms with van der Waals surface area (Å²) in [6.07, 6.45) is 3.97. The Morgan fingerprint density at radius 2 is 1.96 bits per heavy atom. The third-order valence-electron chi connectivity index (χ3n) is 6.13. The topological polar surface area (TPSA) is 42.0 Å². The number of nitrogens with zero attached hydrogens (tertiary/aromatic N) is 2. The molecule has 2 atom stereocenters. The Morgan fingerprint density at radius 1 is 1.22 bits per heavy atom. The highest BCUT2D eigenvalue weighted by atomic mass is 19.2. The lowest BCUT2D eigenvalue weighted by molar-refractivity contribution is -0.233. The van der Waals surface area contributed by atoms with Gasteiger partial charge in [-0.3, -0.25) is 9.69 Å². The van der Waals surface area contributed by atoms with Gasteiger partial charge in [-0.1, -0.05) is 6.07 Å². The van der Waals surface area contributed by atoms with E-state index in [-0.39, 0.29) is 24.4 Å². The zero-order chi connectivity index (χ0) is 19.0. The van der Waals surface area contributed by atoms with Crippen LogP contribution in [0.25, 0.3) is 0 Å². The summed E-state index contributed by atoms with van der Waals surface area (Å²) in [6.45, 7) is 3.13. The molecule has 1 saturated carbocycles. The number of amides is 1. The minimum atomic E-state index is -0.932. The molecule has 1 aliphatic carbocycles. The lowest BCUT2D eigenvalue weighted by atomic mass is 9.81. The average molecular weight is 380 g/mol. The van der Waals surface area contributed by atoms with Crippen molar-refractivity contribution in [2.45, 2.75) is 50.0 Å². The van der Waals surface area contributed by atoms with E-state index in [4.69, 9.17) is 9.47 Å². The number of benzene rings is 1. The van der Waals surface area contributed by atoms with Crippen molar-refractivity contribution in [3.63, 3.8) is 0 Å². The quantitative estimate of drug-likeness (QED) is 0.804. The first-order valence-electron chi connectivity index (χ1n) is 9.72. The SMILES string of the molecule is CN(C(=O)Cc1ccc(F)c(F)c1)C1C(N2CCC2)CCCC12OCCO2. The third-order valence-corrected chi connectivity index (χ3v) is 6.13. The number of likely N-dealkylation sites (N-methyl/N-ethyl adjacent to an activating group) is 1. The number of halogens is 2. The number of ether oxygens (including phenoxy) is 2. The maximum atomic E-state index is 13.5. The van der Waals surface area contributed by atoms with Crippen molar-refractivity contribution in [3.05, 3.63) is 35.4 Å². The standard InChI is InChI=1S/C20H26F2N2O3/c1-23(18(25)13-14-5-6-15(21)16(22)12-14)19-17(24-8-3-9-24)4-2-7-20(19)26-10-11-27-20/h5-6,12,17,19H,2-4,7-11,13H2,1H3. The van der Waals surface area contributed by atoms with E-state index in [1.165, 1.54) is 12.5 Å². The number of carbonyl (C=O) groups excluding carboxylic acids is 1. The molecule has 1 aromatic carbocycles. The van der Waals surface area contributed by atoms with E-state index in [1.807, 2.05) is 0 Å². The molecule has 5 nitrogen and oxygen atoms in total. The minimum Gasteiger partial charge on any atom is -0.345 e. The molecule has 2 heterocycles. The number of hydrogen-bond donors (Lipinski definition) is 0. The zero-order valence-corrected chi connectivity index (χ0v) is 15.6. The molecule has 0 N–H and O–H groups in total. The van der Waals surface area contributed by atoms with E-state index in [1.54, 1.807) is 11.9 Å².